The Balaban J connectivity index is 1.17. The smallest absolute Gasteiger partial charge is 0.235 e. The molecule has 2 saturated heterocycles. The Morgan fingerprint density at radius 3 is 2.38 bits per heavy atom. The average molecular weight is 429 g/mol. The fraction of sp³-hybridized carbons (Fsp3) is 0.333. The molecule has 0 bridgehead atoms. The van der Waals surface area contributed by atoms with Crippen LogP contribution in [0.15, 0.2) is 54.7 Å². The molecule has 0 atom stereocenters. The van der Waals surface area contributed by atoms with Gasteiger partial charge in [-0.25, -0.2) is 4.68 Å². The molecule has 2 fully saturated rings. The van der Waals surface area contributed by atoms with Gasteiger partial charge in [0.15, 0.2) is 0 Å². The van der Waals surface area contributed by atoms with Gasteiger partial charge in [0, 0.05) is 37.2 Å². The van der Waals surface area contributed by atoms with Crippen molar-refractivity contribution in [2.45, 2.75) is 31.3 Å². The third kappa shape index (κ3) is 3.14. The number of nitrogens with zero attached hydrogens (tertiary/aromatic N) is 5. The minimum absolute atomic E-state index is 0.0763. The van der Waals surface area contributed by atoms with Crippen molar-refractivity contribution in [2.75, 3.05) is 19.6 Å². The molecule has 6 rings (SSSR count). The van der Waals surface area contributed by atoms with Crippen LogP contribution in [-0.2, 0) is 16.1 Å². The van der Waals surface area contributed by atoms with Crippen LogP contribution < -0.4 is 4.74 Å². The van der Waals surface area contributed by atoms with Crippen molar-refractivity contribution < 1.29 is 14.3 Å². The zero-order valence-corrected chi connectivity index (χ0v) is 17.6. The van der Waals surface area contributed by atoms with E-state index >= 15 is 0 Å². The van der Waals surface area contributed by atoms with E-state index in [1.54, 1.807) is 0 Å². The summed E-state index contributed by atoms with van der Waals surface area (Å²) in [5.74, 6) is 1.35. The molecule has 0 spiro atoms. The van der Waals surface area contributed by atoms with Crippen molar-refractivity contribution in [3.8, 4) is 11.5 Å². The molecule has 0 aliphatic carbocycles. The summed E-state index contributed by atoms with van der Waals surface area (Å²) in [6.45, 7) is 2.47. The first kappa shape index (κ1) is 19.0. The number of likely N-dealkylation sites (tertiary alicyclic amines) is 2. The number of para-hydroxylation sites is 2. The Morgan fingerprint density at radius 1 is 1.03 bits per heavy atom. The maximum Gasteiger partial charge on any atom is 0.235 e. The fourth-order valence-electron chi connectivity index (χ4n) is 4.79. The second-order valence-corrected chi connectivity index (χ2v) is 8.62. The Labute approximate surface area is 185 Å². The van der Waals surface area contributed by atoms with E-state index in [4.69, 9.17) is 4.74 Å². The van der Waals surface area contributed by atoms with Crippen LogP contribution >= 0.6 is 0 Å². The number of aromatic nitrogens is 3. The molecule has 0 radical (unpaired) electrons. The zero-order valence-electron chi connectivity index (χ0n) is 17.6. The van der Waals surface area contributed by atoms with Gasteiger partial charge in [-0.2, -0.15) is 0 Å². The predicted molar refractivity (Wildman–Crippen MR) is 115 cm³/mol. The van der Waals surface area contributed by atoms with Gasteiger partial charge in [-0.15, -0.1) is 5.10 Å². The monoisotopic (exact) mass is 429 g/mol. The third-order valence-electron chi connectivity index (χ3n) is 6.56. The summed E-state index contributed by atoms with van der Waals surface area (Å²) in [4.78, 5) is 29.1. The molecule has 2 amide bonds. The zero-order chi connectivity index (χ0) is 21.7. The first-order valence-electron chi connectivity index (χ1n) is 11.0. The van der Waals surface area contributed by atoms with Gasteiger partial charge in [0.1, 0.15) is 17.2 Å². The Morgan fingerprint density at radius 2 is 1.72 bits per heavy atom. The molecule has 0 N–H and O–H groups in total. The number of hydrogen-bond acceptors (Lipinski definition) is 5. The standard InChI is InChI=1S/C24H23N5O3/c30-22-10-5-11-27(22)12-16-13-29(26-25-16)17-14-28(15-17)24(31)23-18-6-1-3-8-20(18)32-21-9-4-2-7-19(21)23/h1-4,6-9,13,17,23H,5,10-12,14-15H2. The van der Waals surface area contributed by atoms with Crippen LogP contribution in [0.4, 0.5) is 0 Å². The first-order chi connectivity index (χ1) is 15.7. The lowest BCUT2D eigenvalue weighted by Gasteiger charge is -2.41. The lowest BCUT2D eigenvalue weighted by molar-refractivity contribution is -0.138. The lowest BCUT2D eigenvalue weighted by atomic mass is 9.86. The van der Waals surface area contributed by atoms with E-state index in [1.807, 2.05) is 69.2 Å². The summed E-state index contributed by atoms with van der Waals surface area (Å²) < 4.78 is 7.85. The normalized spacial score (nSPS) is 18.2. The number of amides is 2. The minimum Gasteiger partial charge on any atom is -0.457 e. The summed E-state index contributed by atoms with van der Waals surface area (Å²) >= 11 is 0. The molecule has 8 heteroatoms. The van der Waals surface area contributed by atoms with Gasteiger partial charge in [-0.1, -0.05) is 41.6 Å². The number of benzene rings is 2. The maximum atomic E-state index is 13.5. The van der Waals surface area contributed by atoms with Crippen molar-refractivity contribution in [2.24, 2.45) is 0 Å². The van der Waals surface area contributed by atoms with Crippen LogP contribution in [0, 0.1) is 0 Å². The van der Waals surface area contributed by atoms with Gasteiger partial charge >= 0.3 is 0 Å². The highest BCUT2D eigenvalue weighted by Crippen LogP contribution is 2.45. The number of ether oxygens (including phenoxy) is 1. The molecular weight excluding hydrogens is 406 g/mol. The lowest BCUT2D eigenvalue weighted by Crippen LogP contribution is -2.52. The van der Waals surface area contributed by atoms with Crippen LogP contribution in [0.2, 0.25) is 0 Å². The summed E-state index contributed by atoms with van der Waals surface area (Å²) in [6.07, 6.45) is 3.43. The number of carbonyl (C=O) groups excluding carboxylic acids is 2. The Bertz CT molecular complexity index is 1150. The Hall–Kier alpha value is -3.68. The topological polar surface area (TPSA) is 80.6 Å². The highest BCUT2D eigenvalue weighted by Gasteiger charge is 2.40. The van der Waals surface area contributed by atoms with Gasteiger partial charge in [0.2, 0.25) is 11.8 Å². The molecule has 2 aromatic carbocycles. The maximum absolute atomic E-state index is 13.5. The first-order valence-corrected chi connectivity index (χ1v) is 11.0. The van der Waals surface area contributed by atoms with Crippen LogP contribution in [-0.4, -0.2) is 56.2 Å². The van der Waals surface area contributed by atoms with E-state index in [2.05, 4.69) is 10.3 Å². The van der Waals surface area contributed by atoms with Crippen molar-refractivity contribution in [3.63, 3.8) is 0 Å². The third-order valence-corrected chi connectivity index (χ3v) is 6.56. The van der Waals surface area contributed by atoms with Gasteiger partial charge in [-0.05, 0) is 18.6 Å². The van der Waals surface area contributed by atoms with Gasteiger partial charge in [-0.3, -0.25) is 9.59 Å². The van der Waals surface area contributed by atoms with Crippen molar-refractivity contribution in [3.05, 3.63) is 71.5 Å². The van der Waals surface area contributed by atoms with E-state index in [9.17, 15) is 9.59 Å². The predicted octanol–water partition coefficient (Wildman–Crippen LogP) is 2.72. The molecular formula is C24H23N5O3. The van der Waals surface area contributed by atoms with Crippen molar-refractivity contribution >= 4 is 11.8 Å². The highest BCUT2D eigenvalue weighted by molar-refractivity contribution is 5.90. The Kier molecular flexibility index (Phi) is 4.45. The minimum atomic E-state index is -0.371. The molecule has 0 unspecified atom stereocenters. The van der Waals surface area contributed by atoms with Crippen molar-refractivity contribution in [1.29, 1.82) is 0 Å². The van der Waals surface area contributed by atoms with Crippen LogP contribution in [0.3, 0.4) is 0 Å². The molecule has 3 aromatic rings. The van der Waals surface area contributed by atoms with E-state index < -0.39 is 0 Å². The molecule has 32 heavy (non-hydrogen) atoms. The van der Waals surface area contributed by atoms with Crippen LogP contribution in [0.1, 0.15) is 41.6 Å². The highest BCUT2D eigenvalue weighted by atomic mass is 16.5. The molecule has 3 aliphatic heterocycles. The van der Waals surface area contributed by atoms with Crippen molar-refractivity contribution in [1.82, 2.24) is 24.8 Å². The SMILES string of the molecule is O=C1CCCN1Cc1cn(C2CN(C(=O)C3c4ccccc4Oc4ccccc43)C2)nn1. The summed E-state index contributed by atoms with van der Waals surface area (Å²) in [5.41, 5.74) is 2.59. The second-order valence-electron chi connectivity index (χ2n) is 8.62. The number of rotatable bonds is 4. The summed E-state index contributed by atoms with van der Waals surface area (Å²) in [5, 5.41) is 8.49. The number of fused-ring (bicyclic) bond motifs is 2. The van der Waals surface area contributed by atoms with Gasteiger partial charge in [0.25, 0.3) is 0 Å². The quantitative estimate of drug-likeness (QED) is 0.637. The largest absolute Gasteiger partial charge is 0.457 e. The molecule has 1 aromatic heterocycles. The fourth-order valence-corrected chi connectivity index (χ4v) is 4.79. The molecule has 3 aliphatic rings. The molecule has 162 valence electrons. The van der Waals surface area contributed by atoms with E-state index in [0.717, 1.165) is 41.3 Å². The van der Waals surface area contributed by atoms with Crippen LogP contribution in [0.25, 0.3) is 0 Å². The van der Waals surface area contributed by atoms with E-state index in [-0.39, 0.29) is 23.8 Å². The molecule has 8 nitrogen and oxygen atoms in total. The molecule has 0 saturated carbocycles. The summed E-state index contributed by atoms with van der Waals surface area (Å²) in [7, 11) is 0. The molecule has 4 heterocycles. The average Bonchev–Trinajstić information content (AvgIpc) is 3.40. The van der Waals surface area contributed by atoms with Crippen LogP contribution in [0.5, 0.6) is 11.5 Å². The number of carbonyl (C=O) groups is 2. The van der Waals surface area contributed by atoms with Gasteiger partial charge < -0.3 is 14.5 Å². The second kappa shape index (κ2) is 7.47. The van der Waals surface area contributed by atoms with E-state index in [1.165, 1.54) is 0 Å². The number of hydrogen-bond donors (Lipinski definition) is 0. The summed E-state index contributed by atoms with van der Waals surface area (Å²) in [6, 6.07) is 15.6. The van der Waals surface area contributed by atoms with E-state index in [0.29, 0.717) is 26.1 Å². The van der Waals surface area contributed by atoms with Gasteiger partial charge in [0.05, 0.1) is 24.7 Å².